The van der Waals surface area contributed by atoms with Gasteiger partial charge in [0, 0.05) is 18.4 Å². The molecule has 0 aliphatic rings. The minimum Gasteiger partial charge on any atom is -0.550 e. The standard InChI is InChI=1S/2C3H4O4.B/c2*4-2(5)1-3(6)7;/h2*1H2,(H,4,5)(H,6,7);/q;;+3/p-3. The molecule has 0 aromatic heterocycles. The van der Waals surface area contributed by atoms with E-state index < -0.39 is 36.7 Å². The molecule has 9 heteroatoms. The van der Waals surface area contributed by atoms with Crippen LogP contribution in [0.4, 0.5) is 0 Å². The predicted octanol–water partition coefficient (Wildman–Crippen LogP) is -5.29. The summed E-state index contributed by atoms with van der Waals surface area (Å²) in [6.07, 6.45) is -1.94. The second-order valence-electron chi connectivity index (χ2n) is 1.86. The van der Waals surface area contributed by atoms with E-state index in [0.717, 1.165) is 0 Å². The summed E-state index contributed by atoms with van der Waals surface area (Å²) in [6.45, 7) is 0. The van der Waals surface area contributed by atoms with Crippen LogP contribution < -0.4 is 15.3 Å². The molecule has 0 saturated carbocycles. The van der Waals surface area contributed by atoms with Crippen molar-refractivity contribution in [2.24, 2.45) is 0 Å². The van der Waals surface area contributed by atoms with Crippen molar-refractivity contribution < 1.29 is 39.6 Å². The molecule has 0 atom stereocenters. The average molecular weight is 216 g/mol. The first-order chi connectivity index (χ1) is 6.25. The van der Waals surface area contributed by atoms with Crippen molar-refractivity contribution in [3.05, 3.63) is 0 Å². The smallest absolute Gasteiger partial charge is 0.550 e. The largest absolute Gasteiger partial charge is 3.00 e. The fourth-order valence-corrected chi connectivity index (χ4v) is 0.241. The minimum atomic E-state index is -1.63. The number of hydrogen-bond donors (Lipinski definition) is 1. The Kier molecular flexibility index (Phi) is 12.5. The van der Waals surface area contributed by atoms with Crippen LogP contribution in [0, 0.1) is 0 Å². The Labute approximate surface area is 85.7 Å². The van der Waals surface area contributed by atoms with E-state index in [0.29, 0.717) is 0 Å². The summed E-state index contributed by atoms with van der Waals surface area (Å²) in [4.78, 5) is 37.3. The molecule has 0 fully saturated rings. The van der Waals surface area contributed by atoms with Crippen molar-refractivity contribution >= 4 is 32.3 Å². The Balaban J connectivity index is -0.000000180. The first-order valence-corrected chi connectivity index (χ1v) is 3.07. The van der Waals surface area contributed by atoms with Crippen LogP contribution in [-0.4, -0.2) is 37.4 Å². The van der Waals surface area contributed by atoms with Crippen LogP contribution in [0.5, 0.6) is 0 Å². The van der Waals surface area contributed by atoms with Gasteiger partial charge >= 0.3 is 14.4 Å². The number of carboxylic acids is 4. The van der Waals surface area contributed by atoms with Crippen molar-refractivity contribution in [1.82, 2.24) is 0 Å². The van der Waals surface area contributed by atoms with Gasteiger partial charge in [-0.3, -0.25) is 4.79 Å². The van der Waals surface area contributed by atoms with Crippen LogP contribution in [0.25, 0.3) is 0 Å². The Morgan fingerprint density at radius 1 is 0.800 bits per heavy atom. The van der Waals surface area contributed by atoms with Crippen molar-refractivity contribution in [2.75, 3.05) is 0 Å². The molecule has 0 aliphatic heterocycles. The summed E-state index contributed by atoms with van der Waals surface area (Å²) in [7, 11) is 0. The molecule has 0 aromatic rings. The summed E-state index contributed by atoms with van der Waals surface area (Å²) < 4.78 is 0. The quantitative estimate of drug-likeness (QED) is 0.360. The van der Waals surface area contributed by atoms with Gasteiger partial charge in [-0.2, -0.15) is 0 Å². The van der Waals surface area contributed by atoms with Gasteiger partial charge in [0.25, 0.3) is 0 Å². The summed E-state index contributed by atoms with van der Waals surface area (Å²) >= 11 is 0. The normalized spacial score (nSPS) is 7.47. The number of hydrogen-bond acceptors (Lipinski definition) is 7. The molecule has 0 unspecified atom stereocenters. The first-order valence-electron chi connectivity index (χ1n) is 3.07. The van der Waals surface area contributed by atoms with Crippen LogP contribution in [0.15, 0.2) is 0 Å². The fourth-order valence-electron chi connectivity index (χ4n) is 0.241. The van der Waals surface area contributed by atoms with Gasteiger partial charge in [0.2, 0.25) is 0 Å². The van der Waals surface area contributed by atoms with E-state index in [1.807, 2.05) is 0 Å². The van der Waals surface area contributed by atoms with Gasteiger partial charge in [-0.05, 0) is 0 Å². The van der Waals surface area contributed by atoms with Gasteiger partial charge in [0.1, 0.15) is 0 Å². The van der Waals surface area contributed by atoms with Gasteiger partial charge in [-0.15, -0.1) is 0 Å². The molecule has 1 N–H and O–H groups in total. The average Bonchev–Trinajstić information content (AvgIpc) is 1.79. The second kappa shape index (κ2) is 10.0. The number of rotatable bonds is 4. The fraction of sp³-hybridized carbons (Fsp3) is 0.333. The molecule has 0 rings (SSSR count). The molecule has 15 heavy (non-hydrogen) atoms. The van der Waals surface area contributed by atoms with Gasteiger partial charge in [-0.1, -0.05) is 0 Å². The van der Waals surface area contributed by atoms with Crippen LogP contribution in [0.2, 0.25) is 0 Å². The Morgan fingerprint density at radius 2 is 1.07 bits per heavy atom. The van der Waals surface area contributed by atoms with Crippen LogP contribution in [0.3, 0.4) is 0 Å². The van der Waals surface area contributed by atoms with E-state index >= 15 is 0 Å². The molecule has 0 heterocycles. The van der Waals surface area contributed by atoms with Crippen LogP contribution in [0.1, 0.15) is 12.8 Å². The third kappa shape index (κ3) is 33.4. The summed E-state index contributed by atoms with van der Waals surface area (Å²) in [5, 5.41) is 35.5. The molecule has 80 valence electrons. The maximum Gasteiger partial charge on any atom is 3.00 e. The van der Waals surface area contributed by atoms with Crippen molar-refractivity contribution in [3.63, 3.8) is 0 Å². The third-order valence-corrected chi connectivity index (χ3v) is 0.584. The van der Waals surface area contributed by atoms with Crippen LogP contribution in [-0.2, 0) is 19.2 Å². The van der Waals surface area contributed by atoms with E-state index in [2.05, 4.69) is 0 Å². The molecule has 0 bridgehead atoms. The molecule has 0 spiro atoms. The maximum atomic E-state index is 9.39. The molecule has 0 radical (unpaired) electrons. The molecule has 8 nitrogen and oxygen atoms in total. The molecule has 0 aromatic carbocycles. The first kappa shape index (κ1) is 18.7. The Morgan fingerprint density at radius 3 is 1.07 bits per heavy atom. The zero-order valence-corrected chi connectivity index (χ0v) is 7.30. The summed E-state index contributed by atoms with van der Waals surface area (Å²) in [5.74, 6) is -6.19. The van der Waals surface area contributed by atoms with Gasteiger partial charge < -0.3 is 34.8 Å². The zero-order valence-electron chi connectivity index (χ0n) is 7.30. The molecular weight excluding hydrogens is 211 g/mol. The van der Waals surface area contributed by atoms with Crippen LogP contribution >= 0.6 is 0 Å². The summed E-state index contributed by atoms with van der Waals surface area (Å²) in [6, 6.07) is 0. The van der Waals surface area contributed by atoms with E-state index in [4.69, 9.17) is 5.11 Å². The number of aliphatic carboxylic acids is 4. The third-order valence-electron chi connectivity index (χ3n) is 0.584. The zero-order chi connectivity index (χ0) is 11.7. The van der Waals surface area contributed by atoms with Crippen molar-refractivity contribution in [3.8, 4) is 0 Å². The SMILES string of the molecule is O=C([O-])CC(=O)O.O=C([O-])CC(=O)[O-].[B+3]. The van der Waals surface area contributed by atoms with E-state index in [-0.39, 0.29) is 8.41 Å². The van der Waals surface area contributed by atoms with Gasteiger partial charge in [-0.25, -0.2) is 0 Å². The number of carboxylic acid groups (broad SMARTS) is 4. The molecular formula is C6H5BO8. The number of carbonyl (C=O) groups excluding carboxylic acids is 3. The van der Waals surface area contributed by atoms with E-state index in [1.54, 1.807) is 0 Å². The topological polar surface area (TPSA) is 158 Å². The van der Waals surface area contributed by atoms with Crippen molar-refractivity contribution in [2.45, 2.75) is 12.8 Å². The van der Waals surface area contributed by atoms with E-state index in [9.17, 15) is 34.5 Å². The Hall–Kier alpha value is -2.06. The minimum absolute atomic E-state index is 0. The predicted molar refractivity (Wildman–Crippen MR) is 37.6 cm³/mol. The maximum absolute atomic E-state index is 9.39. The van der Waals surface area contributed by atoms with Gasteiger partial charge in [0.05, 0.1) is 12.4 Å². The molecule has 0 amide bonds. The Bertz CT molecular complexity index is 198. The summed E-state index contributed by atoms with van der Waals surface area (Å²) in [5.41, 5.74) is 0. The number of carbonyl (C=O) groups is 4. The molecule has 0 aliphatic carbocycles. The molecule has 0 saturated heterocycles. The van der Waals surface area contributed by atoms with Gasteiger partial charge in [0.15, 0.2) is 0 Å². The second-order valence-corrected chi connectivity index (χ2v) is 1.86. The van der Waals surface area contributed by atoms with Crippen molar-refractivity contribution in [1.29, 1.82) is 0 Å². The monoisotopic (exact) mass is 216 g/mol. The van der Waals surface area contributed by atoms with E-state index in [1.165, 1.54) is 0 Å².